The number of ketones is 1. The van der Waals surface area contributed by atoms with E-state index in [2.05, 4.69) is 26.3 Å². The van der Waals surface area contributed by atoms with Crippen molar-refractivity contribution in [3.63, 3.8) is 0 Å². The monoisotopic (exact) mass is 693 g/mol. The predicted octanol–water partition coefficient (Wildman–Crippen LogP) is 4.97. The van der Waals surface area contributed by atoms with Crippen LogP contribution in [0.4, 0.5) is 14.4 Å². The summed E-state index contributed by atoms with van der Waals surface area (Å²) in [5.74, 6) is -1.29. The molecule has 0 radical (unpaired) electrons. The highest BCUT2D eigenvalue weighted by molar-refractivity contribution is 6.28. The number of alkyl halides is 1. The number of Topliss-reactive ketones (excluding diaryl/α,β-unsaturated/α-hetero) is 1. The number of guanidine groups is 1. The highest BCUT2D eigenvalue weighted by atomic mass is 35.5. The average molecular weight is 694 g/mol. The van der Waals surface area contributed by atoms with E-state index in [-0.39, 0.29) is 69.8 Å². The van der Waals surface area contributed by atoms with Gasteiger partial charge in [0.05, 0.1) is 11.9 Å². The fourth-order valence-corrected chi connectivity index (χ4v) is 4.38. The molecule has 0 aliphatic heterocycles. The average Bonchev–Trinajstić information content (AvgIpc) is 3.13. The molecule has 3 aromatic carbocycles. The van der Waals surface area contributed by atoms with Crippen LogP contribution in [-0.4, -0.2) is 60.9 Å². The Hall–Kier alpha value is -5.43. The van der Waals surface area contributed by atoms with Gasteiger partial charge in [-0.2, -0.15) is 0 Å². The van der Waals surface area contributed by atoms with Gasteiger partial charge >= 0.3 is 18.3 Å². The lowest BCUT2D eigenvalue weighted by Crippen LogP contribution is -2.44. The quantitative estimate of drug-likeness (QED) is 0.0504. The van der Waals surface area contributed by atoms with Gasteiger partial charge in [-0.25, -0.2) is 14.4 Å². The molecule has 0 aliphatic carbocycles. The molecule has 0 unspecified atom stereocenters. The number of rotatable bonds is 17. The Kier molecular flexibility index (Phi) is 17.2. The number of carbonyl (C=O) groups excluding carboxylic acids is 5. The smallest absolute Gasteiger partial charge is 0.414 e. The minimum absolute atomic E-state index is 0.00523. The molecule has 0 saturated heterocycles. The minimum Gasteiger partial charge on any atom is -0.445 e. The van der Waals surface area contributed by atoms with Crippen LogP contribution in [0.5, 0.6) is 0 Å². The third-order valence-corrected chi connectivity index (χ3v) is 6.97. The Morgan fingerprint density at radius 2 is 1.12 bits per heavy atom. The van der Waals surface area contributed by atoms with E-state index < -0.39 is 30.2 Å². The molecule has 4 N–H and O–H groups in total. The van der Waals surface area contributed by atoms with Crippen LogP contribution in [0.1, 0.15) is 42.4 Å². The van der Waals surface area contributed by atoms with E-state index in [1.807, 2.05) is 66.7 Å². The summed E-state index contributed by atoms with van der Waals surface area (Å²) in [6, 6.07) is 26.4. The second kappa shape index (κ2) is 22.2. The van der Waals surface area contributed by atoms with Crippen LogP contribution < -0.4 is 21.3 Å². The van der Waals surface area contributed by atoms with Gasteiger partial charge in [0.2, 0.25) is 11.9 Å². The van der Waals surface area contributed by atoms with E-state index >= 15 is 0 Å². The minimum atomic E-state index is -0.875. The van der Waals surface area contributed by atoms with Gasteiger partial charge in [-0.05, 0) is 36.0 Å². The van der Waals surface area contributed by atoms with Crippen LogP contribution in [0.25, 0.3) is 0 Å². The maximum absolute atomic E-state index is 12.5. The number of benzene rings is 3. The third-order valence-electron chi connectivity index (χ3n) is 6.71. The van der Waals surface area contributed by atoms with Crippen molar-refractivity contribution in [2.45, 2.75) is 51.5 Å². The van der Waals surface area contributed by atoms with E-state index in [0.29, 0.717) is 6.42 Å². The van der Waals surface area contributed by atoms with Crippen molar-refractivity contribution in [2.24, 2.45) is 4.99 Å². The summed E-state index contributed by atoms with van der Waals surface area (Å²) in [5.41, 5.74) is 2.38. The van der Waals surface area contributed by atoms with Crippen LogP contribution in [-0.2, 0) is 43.6 Å². The molecule has 13 nitrogen and oxygen atoms in total. The summed E-state index contributed by atoms with van der Waals surface area (Å²) >= 11 is 5.78. The van der Waals surface area contributed by atoms with Crippen molar-refractivity contribution in [1.82, 2.24) is 21.3 Å². The Morgan fingerprint density at radius 3 is 1.59 bits per heavy atom. The van der Waals surface area contributed by atoms with Gasteiger partial charge in [-0.15, -0.1) is 11.6 Å². The van der Waals surface area contributed by atoms with Gasteiger partial charge in [-0.3, -0.25) is 25.2 Å². The van der Waals surface area contributed by atoms with Crippen LogP contribution in [0.3, 0.4) is 0 Å². The number of hydrogen-bond donors (Lipinski definition) is 4. The highest BCUT2D eigenvalue weighted by Crippen LogP contribution is 2.05. The molecular formula is C35H40ClN5O8. The molecule has 49 heavy (non-hydrogen) atoms. The maximum atomic E-state index is 12.5. The topological polar surface area (TPSA) is 174 Å². The van der Waals surface area contributed by atoms with Crippen LogP contribution in [0.15, 0.2) is 96.0 Å². The Morgan fingerprint density at radius 1 is 0.653 bits per heavy atom. The Bertz CT molecular complexity index is 1450. The molecule has 0 aromatic heterocycles. The number of alkyl carbamates (subject to hydrolysis) is 3. The van der Waals surface area contributed by atoms with E-state index in [9.17, 15) is 24.0 Å². The highest BCUT2D eigenvalue weighted by Gasteiger charge is 2.20. The number of amides is 4. The number of ether oxygens (including phenoxy) is 3. The summed E-state index contributed by atoms with van der Waals surface area (Å²) < 4.78 is 15.6. The fraction of sp³-hybridized carbons (Fsp3) is 0.314. The summed E-state index contributed by atoms with van der Waals surface area (Å²) in [5, 5.41) is 10.1. The molecule has 0 saturated carbocycles. The summed E-state index contributed by atoms with van der Waals surface area (Å²) in [7, 11) is 0. The number of nitrogens with one attached hydrogen (secondary N) is 4. The van der Waals surface area contributed by atoms with Crippen molar-refractivity contribution in [3.8, 4) is 0 Å². The first-order valence-corrected chi connectivity index (χ1v) is 16.2. The molecule has 0 heterocycles. The lowest BCUT2D eigenvalue weighted by molar-refractivity contribution is -0.126. The van der Waals surface area contributed by atoms with Gasteiger partial charge in [0.15, 0.2) is 5.78 Å². The first-order chi connectivity index (χ1) is 23.8. The van der Waals surface area contributed by atoms with E-state index in [0.717, 1.165) is 16.7 Å². The van der Waals surface area contributed by atoms with E-state index in [1.165, 1.54) is 0 Å². The van der Waals surface area contributed by atoms with E-state index in [4.69, 9.17) is 25.8 Å². The zero-order valence-corrected chi connectivity index (χ0v) is 27.7. The second-order valence-corrected chi connectivity index (χ2v) is 10.8. The maximum Gasteiger partial charge on any atom is 0.414 e. The number of carbonyl (C=O) groups is 5. The largest absolute Gasteiger partial charge is 0.445 e. The molecule has 3 rings (SSSR count). The molecule has 14 heteroatoms. The normalized spacial score (nSPS) is 10.9. The van der Waals surface area contributed by atoms with Crippen molar-refractivity contribution in [3.05, 3.63) is 108 Å². The molecule has 1 atom stereocenters. The number of halogens is 1. The predicted molar refractivity (Wildman–Crippen MR) is 183 cm³/mol. The van der Waals surface area contributed by atoms with Crippen molar-refractivity contribution < 1.29 is 38.2 Å². The first kappa shape index (κ1) is 38.0. The molecule has 260 valence electrons. The van der Waals surface area contributed by atoms with E-state index in [1.54, 1.807) is 24.3 Å². The second-order valence-electron chi connectivity index (χ2n) is 10.6. The summed E-state index contributed by atoms with van der Waals surface area (Å²) in [4.78, 5) is 66.1. The van der Waals surface area contributed by atoms with Gasteiger partial charge in [-0.1, -0.05) is 91.0 Å². The fourth-order valence-electron chi connectivity index (χ4n) is 4.20. The lowest BCUT2D eigenvalue weighted by atomic mass is 10.1. The van der Waals surface area contributed by atoms with Crippen molar-refractivity contribution in [2.75, 3.05) is 19.0 Å². The SMILES string of the molecule is O=C(CCCNC(=O)OCc1ccccc1)N[C@@H](CCCN=C(NC(=O)OCc1ccccc1)NC(=O)OCc1ccccc1)C(=O)CCl. The zero-order valence-electron chi connectivity index (χ0n) is 26.9. The van der Waals surface area contributed by atoms with Crippen LogP contribution >= 0.6 is 11.6 Å². The number of nitrogens with zero attached hydrogens (tertiary/aromatic N) is 1. The molecule has 4 amide bonds. The molecular weight excluding hydrogens is 654 g/mol. The Balaban J connectivity index is 1.46. The first-order valence-electron chi connectivity index (χ1n) is 15.6. The number of aliphatic imine (C=N–C) groups is 1. The van der Waals surface area contributed by atoms with Gasteiger partial charge < -0.3 is 24.8 Å². The lowest BCUT2D eigenvalue weighted by Gasteiger charge is -2.16. The van der Waals surface area contributed by atoms with Crippen molar-refractivity contribution in [1.29, 1.82) is 0 Å². The number of hydrogen-bond acceptors (Lipinski definition) is 9. The molecule has 0 fully saturated rings. The molecule has 0 bridgehead atoms. The zero-order chi connectivity index (χ0) is 35.1. The van der Waals surface area contributed by atoms with Gasteiger partial charge in [0.1, 0.15) is 19.8 Å². The van der Waals surface area contributed by atoms with Gasteiger partial charge in [0.25, 0.3) is 0 Å². The van der Waals surface area contributed by atoms with Crippen molar-refractivity contribution >= 4 is 47.5 Å². The summed E-state index contributed by atoms with van der Waals surface area (Å²) in [6.45, 7) is 0.381. The molecule has 0 spiro atoms. The third kappa shape index (κ3) is 16.3. The molecule has 0 aliphatic rings. The van der Waals surface area contributed by atoms with Crippen LogP contribution in [0.2, 0.25) is 0 Å². The molecule has 3 aromatic rings. The Labute approximate surface area is 289 Å². The standard InChI is InChI=1S/C35H40ClN5O8/c36-22-30(42)29(39-31(43)19-11-21-38-33(44)47-23-26-12-4-1-5-13-26)18-10-20-37-32(40-34(45)48-24-27-14-6-2-7-15-27)41-35(46)49-25-28-16-8-3-9-17-28/h1-9,12-17,29H,10-11,18-25H2,(H,38,44)(H,39,43)(H2,37,40,41,45,46)/t29-/m0/s1. The van der Waals surface area contributed by atoms with Crippen LogP contribution in [0, 0.1) is 0 Å². The van der Waals surface area contributed by atoms with Gasteiger partial charge in [0, 0.05) is 19.5 Å². The summed E-state index contributed by atoms with van der Waals surface area (Å²) in [6.07, 6.45) is -1.46.